The Labute approximate surface area is 163 Å². The van der Waals surface area contributed by atoms with Crippen molar-refractivity contribution < 1.29 is 9.59 Å². The second kappa shape index (κ2) is 6.28. The number of fused-ring (bicyclic) bond motifs is 2. The molecule has 0 saturated heterocycles. The summed E-state index contributed by atoms with van der Waals surface area (Å²) in [5, 5.41) is 1.99. The predicted molar refractivity (Wildman–Crippen MR) is 111 cm³/mol. The highest BCUT2D eigenvalue weighted by Crippen LogP contribution is 2.44. The molecule has 0 amide bonds. The lowest BCUT2D eigenvalue weighted by Crippen LogP contribution is -2.41. The SMILES string of the molecule is O=C1c2ccccc2C(=O)C1(Cc1ccccc1)c1cccc2ccccc12. The van der Waals surface area contributed by atoms with Crippen LogP contribution in [0, 0.1) is 0 Å². The minimum Gasteiger partial charge on any atom is -0.293 e. The molecule has 0 aromatic heterocycles. The Kier molecular flexibility index (Phi) is 3.73. The van der Waals surface area contributed by atoms with Gasteiger partial charge in [-0.15, -0.1) is 0 Å². The lowest BCUT2D eigenvalue weighted by molar-refractivity contribution is 0.0794. The highest BCUT2D eigenvalue weighted by molar-refractivity contribution is 6.34. The van der Waals surface area contributed by atoms with E-state index in [0.29, 0.717) is 17.5 Å². The third-order valence-electron chi connectivity index (χ3n) is 5.75. The molecule has 0 saturated carbocycles. The number of ketones is 2. The minimum absolute atomic E-state index is 0.103. The molecular formula is C26H18O2. The van der Waals surface area contributed by atoms with Crippen molar-refractivity contribution in [2.75, 3.05) is 0 Å². The number of benzene rings is 4. The van der Waals surface area contributed by atoms with Crippen LogP contribution in [0.25, 0.3) is 10.8 Å². The molecule has 4 aromatic rings. The van der Waals surface area contributed by atoms with Crippen molar-refractivity contribution in [3.63, 3.8) is 0 Å². The first-order chi connectivity index (χ1) is 13.7. The van der Waals surface area contributed by atoms with Crippen LogP contribution in [-0.2, 0) is 11.8 Å². The normalized spacial score (nSPS) is 15.0. The van der Waals surface area contributed by atoms with Crippen molar-refractivity contribution in [3.05, 3.63) is 119 Å². The molecule has 0 spiro atoms. The molecule has 1 aliphatic rings. The van der Waals surface area contributed by atoms with E-state index in [0.717, 1.165) is 21.9 Å². The van der Waals surface area contributed by atoms with Gasteiger partial charge in [0.1, 0.15) is 5.41 Å². The summed E-state index contributed by atoms with van der Waals surface area (Å²) in [6.45, 7) is 0. The fraction of sp³-hybridized carbons (Fsp3) is 0.0769. The molecule has 2 heteroatoms. The van der Waals surface area contributed by atoms with Crippen LogP contribution in [0.2, 0.25) is 0 Å². The van der Waals surface area contributed by atoms with Crippen molar-refractivity contribution >= 4 is 22.3 Å². The monoisotopic (exact) mass is 362 g/mol. The van der Waals surface area contributed by atoms with Crippen LogP contribution in [0.3, 0.4) is 0 Å². The maximum absolute atomic E-state index is 13.8. The summed E-state index contributed by atoms with van der Waals surface area (Å²) >= 11 is 0. The van der Waals surface area contributed by atoms with Crippen LogP contribution in [0.1, 0.15) is 31.8 Å². The zero-order chi connectivity index (χ0) is 19.1. The minimum atomic E-state index is -1.23. The average molecular weight is 362 g/mol. The van der Waals surface area contributed by atoms with Gasteiger partial charge in [-0.05, 0) is 28.3 Å². The van der Waals surface area contributed by atoms with Crippen LogP contribution in [0.4, 0.5) is 0 Å². The van der Waals surface area contributed by atoms with E-state index in [2.05, 4.69) is 0 Å². The number of rotatable bonds is 3. The summed E-state index contributed by atoms with van der Waals surface area (Å²) in [5.41, 5.74) is 1.59. The zero-order valence-electron chi connectivity index (χ0n) is 15.3. The summed E-state index contributed by atoms with van der Waals surface area (Å²) in [6.07, 6.45) is 0.355. The smallest absolute Gasteiger partial charge is 0.182 e. The van der Waals surface area contributed by atoms with Gasteiger partial charge in [0.25, 0.3) is 0 Å². The Balaban J connectivity index is 1.82. The van der Waals surface area contributed by atoms with E-state index in [1.54, 1.807) is 12.1 Å². The van der Waals surface area contributed by atoms with E-state index in [1.807, 2.05) is 84.9 Å². The summed E-state index contributed by atoms with van der Waals surface area (Å²) in [4.78, 5) is 27.5. The van der Waals surface area contributed by atoms with Gasteiger partial charge < -0.3 is 0 Å². The first-order valence-corrected chi connectivity index (χ1v) is 9.42. The maximum Gasteiger partial charge on any atom is 0.182 e. The Bertz CT molecular complexity index is 1180. The summed E-state index contributed by atoms with van der Waals surface area (Å²) in [7, 11) is 0. The van der Waals surface area contributed by atoms with Crippen molar-refractivity contribution in [1.29, 1.82) is 0 Å². The number of Topliss-reactive ketones (excluding diaryl/α,β-unsaturated/α-hetero) is 2. The Morgan fingerprint density at radius 1 is 0.571 bits per heavy atom. The summed E-state index contributed by atoms with van der Waals surface area (Å²) in [5.74, 6) is -0.207. The largest absolute Gasteiger partial charge is 0.293 e. The lowest BCUT2D eigenvalue weighted by atomic mass is 9.70. The number of hydrogen-bond acceptors (Lipinski definition) is 2. The number of carbonyl (C=O) groups excluding carboxylic acids is 2. The van der Waals surface area contributed by atoms with Gasteiger partial charge >= 0.3 is 0 Å². The summed E-state index contributed by atoms with van der Waals surface area (Å²) in [6, 6.07) is 30.8. The van der Waals surface area contributed by atoms with Gasteiger partial charge in [-0.2, -0.15) is 0 Å². The fourth-order valence-corrected chi connectivity index (χ4v) is 4.44. The second-order valence-electron chi connectivity index (χ2n) is 7.30. The predicted octanol–water partition coefficient (Wildman–Crippen LogP) is 5.40. The zero-order valence-corrected chi connectivity index (χ0v) is 15.3. The van der Waals surface area contributed by atoms with E-state index < -0.39 is 5.41 Å². The van der Waals surface area contributed by atoms with Gasteiger partial charge in [-0.1, -0.05) is 97.1 Å². The van der Waals surface area contributed by atoms with E-state index >= 15 is 0 Å². The first-order valence-electron chi connectivity index (χ1n) is 9.42. The topological polar surface area (TPSA) is 34.1 Å². The third kappa shape index (κ3) is 2.28. The highest BCUT2D eigenvalue weighted by atomic mass is 16.2. The molecule has 0 aliphatic heterocycles. The Morgan fingerprint density at radius 2 is 1.14 bits per heavy atom. The molecule has 0 unspecified atom stereocenters. The van der Waals surface area contributed by atoms with Gasteiger partial charge in [0, 0.05) is 11.1 Å². The van der Waals surface area contributed by atoms with E-state index in [-0.39, 0.29) is 11.6 Å². The molecule has 1 aliphatic carbocycles. The average Bonchev–Trinajstić information content (AvgIpc) is 2.97. The van der Waals surface area contributed by atoms with Crippen molar-refractivity contribution in [2.45, 2.75) is 11.8 Å². The Hall–Kier alpha value is -3.52. The van der Waals surface area contributed by atoms with Gasteiger partial charge in [0.05, 0.1) is 0 Å². The molecule has 28 heavy (non-hydrogen) atoms. The third-order valence-corrected chi connectivity index (χ3v) is 5.75. The molecule has 0 fully saturated rings. The van der Waals surface area contributed by atoms with Crippen LogP contribution in [0.15, 0.2) is 97.1 Å². The lowest BCUT2D eigenvalue weighted by Gasteiger charge is -2.28. The molecule has 0 N–H and O–H groups in total. The van der Waals surface area contributed by atoms with Crippen LogP contribution >= 0.6 is 0 Å². The quantitative estimate of drug-likeness (QED) is 0.457. The van der Waals surface area contributed by atoms with E-state index in [9.17, 15) is 9.59 Å². The van der Waals surface area contributed by atoms with Gasteiger partial charge in [-0.3, -0.25) is 9.59 Å². The second-order valence-corrected chi connectivity index (χ2v) is 7.30. The molecule has 0 heterocycles. The molecule has 0 atom stereocenters. The van der Waals surface area contributed by atoms with Crippen molar-refractivity contribution in [2.24, 2.45) is 0 Å². The maximum atomic E-state index is 13.8. The van der Waals surface area contributed by atoms with Gasteiger partial charge in [-0.25, -0.2) is 0 Å². The van der Waals surface area contributed by atoms with Gasteiger partial charge in [0.2, 0.25) is 0 Å². The molecule has 4 aromatic carbocycles. The standard InChI is InChI=1S/C26H18O2/c27-24-21-14-6-7-15-22(21)25(28)26(24,17-18-9-2-1-3-10-18)23-16-8-12-19-11-4-5-13-20(19)23/h1-16H,17H2. The fourth-order valence-electron chi connectivity index (χ4n) is 4.44. The van der Waals surface area contributed by atoms with Crippen LogP contribution < -0.4 is 0 Å². The van der Waals surface area contributed by atoms with E-state index in [1.165, 1.54) is 0 Å². The molecule has 134 valence electrons. The molecule has 5 rings (SSSR count). The number of hydrogen-bond donors (Lipinski definition) is 0. The number of carbonyl (C=O) groups is 2. The molecule has 0 radical (unpaired) electrons. The van der Waals surface area contributed by atoms with Gasteiger partial charge in [0.15, 0.2) is 11.6 Å². The van der Waals surface area contributed by atoms with Crippen molar-refractivity contribution in [1.82, 2.24) is 0 Å². The first kappa shape index (κ1) is 16.6. The summed E-state index contributed by atoms with van der Waals surface area (Å²) < 4.78 is 0. The molecular weight excluding hydrogens is 344 g/mol. The highest BCUT2D eigenvalue weighted by Gasteiger charge is 2.54. The van der Waals surface area contributed by atoms with Crippen molar-refractivity contribution in [3.8, 4) is 0 Å². The Morgan fingerprint density at radius 3 is 1.86 bits per heavy atom. The van der Waals surface area contributed by atoms with Crippen LogP contribution in [0.5, 0.6) is 0 Å². The molecule has 0 bridgehead atoms. The van der Waals surface area contributed by atoms with E-state index in [4.69, 9.17) is 0 Å². The molecule has 2 nitrogen and oxygen atoms in total. The van der Waals surface area contributed by atoms with Crippen LogP contribution in [-0.4, -0.2) is 11.6 Å².